The molecule has 0 bridgehead atoms. The molecule has 0 spiro atoms. The summed E-state index contributed by atoms with van der Waals surface area (Å²) in [5, 5.41) is 0. The molecule has 0 N–H and O–H groups in total. The van der Waals surface area contributed by atoms with Crippen molar-refractivity contribution in [2.45, 2.75) is 24.8 Å². The van der Waals surface area contributed by atoms with Crippen molar-refractivity contribution in [3.63, 3.8) is 0 Å². The van der Waals surface area contributed by atoms with Gasteiger partial charge in [-0.25, -0.2) is 0 Å². The van der Waals surface area contributed by atoms with Crippen molar-refractivity contribution in [1.29, 1.82) is 0 Å². The lowest BCUT2D eigenvalue weighted by Gasteiger charge is -2.13. The Morgan fingerprint density at radius 3 is 2.30 bits per heavy atom. The van der Waals surface area contributed by atoms with Gasteiger partial charge in [0, 0.05) is 4.83 Å². The molecule has 0 amide bonds. The summed E-state index contributed by atoms with van der Waals surface area (Å²) >= 11 is 3.64. The molecule has 20 heavy (non-hydrogen) atoms. The summed E-state index contributed by atoms with van der Waals surface area (Å²) < 4.78 is 28.5. The van der Waals surface area contributed by atoms with E-state index in [9.17, 15) is 8.78 Å². The first-order valence-electron chi connectivity index (χ1n) is 6.29. The van der Waals surface area contributed by atoms with Crippen LogP contribution in [-0.2, 0) is 6.42 Å². The molecule has 0 saturated carbocycles. The molecule has 2 aromatic carbocycles. The molecule has 1 unspecified atom stereocenters. The molecular weight excluding hydrogens is 326 g/mol. The fraction of sp³-hybridized carbons (Fsp3) is 0.250. The van der Waals surface area contributed by atoms with E-state index >= 15 is 0 Å². The Morgan fingerprint density at radius 2 is 1.70 bits per heavy atom. The van der Waals surface area contributed by atoms with Crippen LogP contribution in [0.4, 0.5) is 8.78 Å². The Kier molecular flexibility index (Phi) is 5.12. The van der Waals surface area contributed by atoms with Crippen LogP contribution in [0.3, 0.4) is 0 Å². The maximum Gasteiger partial charge on any atom is 0.387 e. The average Bonchev–Trinajstić information content (AvgIpc) is 2.41. The zero-order valence-corrected chi connectivity index (χ0v) is 12.6. The van der Waals surface area contributed by atoms with Gasteiger partial charge in [-0.3, -0.25) is 0 Å². The number of halogens is 3. The van der Waals surface area contributed by atoms with Gasteiger partial charge in [-0.2, -0.15) is 8.78 Å². The van der Waals surface area contributed by atoms with Gasteiger partial charge in [0.15, 0.2) is 0 Å². The Bertz CT molecular complexity index is 555. The van der Waals surface area contributed by atoms with E-state index in [0.29, 0.717) is 0 Å². The Morgan fingerprint density at radius 1 is 1.05 bits per heavy atom. The predicted molar refractivity (Wildman–Crippen MR) is 79.6 cm³/mol. The molecule has 0 aromatic heterocycles. The minimum atomic E-state index is -2.78. The summed E-state index contributed by atoms with van der Waals surface area (Å²) in [6, 6.07) is 14.9. The molecule has 0 aliphatic rings. The van der Waals surface area contributed by atoms with Crippen LogP contribution < -0.4 is 4.74 Å². The van der Waals surface area contributed by atoms with Gasteiger partial charge in [-0.15, -0.1) is 0 Å². The summed E-state index contributed by atoms with van der Waals surface area (Å²) in [5.41, 5.74) is 3.55. The van der Waals surface area contributed by atoms with Crippen LogP contribution in [0.25, 0.3) is 0 Å². The summed E-state index contributed by atoms with van der Waals surface area (Å²) in [5.74, 6) is 0.180. The van der Waals surface area contributed by atoms with E-state index < -0.39 is 6.61 Å². The van der Waals surface area contributed by atoms with Crippen LogP contribution in [-0.4, -0.2) is 6.61 Å². The molecule has 1 nitrogen and oxygen atoms in total. The second kappa shape index (κ2) is 6.84. The van der Waals surface area contributed by atoms with Crippen molar-refractivity contribution < 1.29 is 13.5 Å². The number of alkyl halides is 3. The number of hydrogen-bond donors (Lipinski definition) is 0. The van der Waals surface area contributed by atoms with Crippen LogP contribution in [0.1, 0.15) is 21.5 Å². The highest BCUT2D eigenvalue weighted by molar-refractivity contribution is 9.09. The number of rotatable bonds is 5. The number of ether oxygens (including phenoxy) is 1. The highest BCUT2D eigenvalue weighted by Crippen LogP contribution is 2.29. The number of benzene rings is 2. The Balaban J connectivity index is 2.06. The first-order valence-corrected chi connectivity index (χ1v) is 7.21. The average molecular weight is 341 g/mol. The minimum Gasteiger partial charge on any atom is -0.435 e. The topological polar surface area (TPSA) is 9.23 Å². The lowest BCUT2D eigenvalue weighted by Crippen LogP contribution is -2.02. The number of hydrogen-bond acceptors (Lipinski definition) is 1. The van der Waals surface area contributed by atoms with Gasteiger partial charge in [0.1, 0.15) is 5.75 Å². The molecule has 4 heteroatoms. The lowest BCUT2D eigenvalue weighted by molar-refractivity contribution is -0.0498. The van der Waals surface area contributed by atoms with Gasteiger partial charge in [0.2, 0.25) is 0 Å². The molecule has 0 aliphatic heterocycles. The second-order valence-corrected chi connectivity index (χ2v) is 5.65. The fourth-order valence-corrected chi connectivity index (χ4v) is 2.66. The van der Waals surface area contributed by atoms with Gasteiger partial charge in [0.05, 0.1) is 0 Å². The third kappa shape index (κ3) is 4.04. The van der Waals surface area contributed by atoms with Crippen molar-refractivity contribution in [2.75, 3.05) is 0 Å². The summed E-state index contributed by atoms with van der Waals surface area (Å²) in [4.78, 5) is 0.143. The zero-order chi connectivity index (χ0) is 14.5. The molecule has 0 saturated heterocycles. The minimum absolute atomic E-state index is 0.143. The normalized spacial score (nSPS) is 12.4. The van der Waals surface area contributed by atoms with E-state index in [1.165, 1.54) is 11.1 Å². The van der Waals surface area contributed by atoms with E-state index in [0.717, 1.165) is 12.0 Å². The lowest BCUT2D eigenvalue weighted by atomic mass is 10.0. The van der Waals surface area contributed by atoms with Gasteiger partial charge >= 0.3 is 6.61 Å². The van der Waals surface area contributed by atoms with Gasteiger partial charge in [-0.1, -0.05) is 52.3 Å². The standard InChI is InChI=1S/C16H15BrF2O/c1-11-4-2-3-5-13(11)10-15(17)12-6-8-14(9-7-12)20-16(18)19/h2-9,15-16H,10H2,1H3. The van der Waals surface area contributed by atoms with Gasteiger partial charge in [-0.05, 0) is 42.2 Å². The van der Waals surface area contributed by atoms with E-state index in [1.54, 1.807) is 24.3 Å². The molecule has 0 aliphatic carbocycles. The van der Waals surface area contributed by atoms with Crippen LogP contribution in [0, 0.1) is 6.92 Å². The second-order valence-electron chi connectivity index (χ2n) is 4.55. The van der Waals surface area contributed by atoms with E-state index in [2.05, 4.69) is 39.7 Å². The molecule has 2 rings (SSSR count). The molecule has 106 valence electrons. The summed E-state index contributed by atoms with van der Waals surface area (Å²) in [6.45, 7) is -0.707. The SMILES string of the molecule is Cc1ccccc1CC(Br)c1ccc(OC(F)F)cc1. The van der Waals surface area contributed by atoms with Gasteiger partial charge in [0.25, 0.3) is 0 Å². The molecule has 0 heterocycles. The third-order valence-electron chi connectivity index (χ3n) is 3.13. The van der Waals surface area contributed by atoms with Crippen molar-refractivity contribution >= 4 is 15.9 Å². The first kappa shape index (κ1) is 15.0. The van der Waals surface area contributed by atoms with E-state index in [-0.39, 0.29) is 10.6 Å². The van der Waals surface area contributed by atoms with Crippen molar-refractivity contribution in [3.8, 4) is 5.75 Å². The molecule has 0 radical (unpaired) electrons. The Labute approximate surface area is 125 Å². The third-order valence-corrected chi connectivity index (χ3v) is 3.98. The summed E-state index contributed by atoms with van der Waals surface area (Å²) in [7, 11) is 0. The smallest absolute Gasteiger partial charge is 0.387 e. The van der Waals surface area contributed by atoms with Crippen LogP contribution in [0.15, 0.2) is 48.5 Å². The highest BCUT2D eigenvalue weighted by Gasteiger charge is 2.11. The largest absolute Gasteiger partial charge is 0.435 e. The first-order chi connectivity index (χ1) is 9.56. The van der Waals surface area contributed by atoms with Crippen molar-refractivity contribution in [2.24, 2.45) is 0 Å². The number of aryl methyl sites for hydroxylation is 1. The highest BCUT2D eigenvalue weighted by atomic mass is 79.9. The monoisotopic (exact) mass is 340 g/mol. The molecule has 2 aromatic rings. The molecular formula is C16H15BrF2O. The van der Waals surface area contributed by atoms with E-state index in [4.69, 9.17) is 0 Å². The fourth-order valence-electron chi connectivity index (χ4n) is 2.01. The maximum absolute atomic E-state index is 12.1. The van der Waals surface area contributed by atoms with Gasteiger partial charge < -0.3 is 4.74 Å². The van der Waals surface area contributed by atoms with Crippen LogP contribution in [0.2, 0.25) is 0 Å². The zero-order valence-electron chi connectivity index (χ0n) is 11.0. The Hall–Kier alpha value is -1.42. The van der Waals surface area contributed by atoms with Crippen molar-refractivity contribution in [1.82, 2.24) is 0 Å². The van der Waals surface area contributed by atoms with Crippen molar-refractivity contribution in [3.05, 3.63) is 65.2 Å². The van der Waals surface area contributed by atoms with Crippen LogP contribution in [0.5, 0.6) is 5.75 Å². The molecule has 1 atom stereocenters. The molecule has 0 fully saturated rings. The maximum atomic E-state index is 12.1. The quantitative estimate of drug-likeness (QED) is 0.673. The predicted octanol–water partition coefficient (Wildman–Crippen LogP) is 5.28. The summed E-state index contributed by atoms with van der Waals surface area (Å²) in [6.07, 6.45) is 0.849. The van der Waals surface area contributed by atoms with E-state index in [1.807, 2.05) is 12.1 Å². The van der Waals surface area contributed by atoms with Crippen LogP contribution >= 0.6 is 15.9 Å².